The van der Waals surface area contributed by atoms with E-state index in [0.29, 0.717) is 22.7 Å². The number of halogens is 2. The number of carbonyl (C=O) groups excluding carboxylic acids is 1. The van der Waals surface area contributed by atoms with Gasteiger partial charge in [-0.15, -0.1) is 0 Å². The Morgan fingerprint density at radius 3 is 2.48 bits per heavy atom. The Kier molecular flexibility index (Phi) is 6.51. The average Bonchev–Trinajstić information content (AvgIpc) is 2.69. The molecule has 0 aliphatic heterocycles. The van der Waals surface area contributed by atoms with Crippen LogP contribution in [0.1, 0.15) is 15.9 Å². The van der Waals surface area contributed by atoms with E-state index < -0.39 is 15.9 Å². The van der Waals surface area contributed by atoms with Gasteiger partial charge in [0.15, 0.2) is 0 Å². The Balaban J connectivity index is 1.68. The van der Waals surface area contributed by atoms with E-state index in [4.69, 9.17) is 11.6 Å². The van der Waals surface area contributed by atoms with Gasteiger partial charge in [0.25, 0.3) is 15.9 Å². The predicted octanol–water partition coefficient (Wildman–Crippen LogP) is 4.25. The van der Waals surface area contributed by atoms with Gasteiger partial charge < -0.3 is 5.32 Å². The Labute approximate surface area is 173 Å². The molecule has 5 nitrogen and oxygen atoms in total. The topological polar surface area (TPSA) is 75.3 Å². The second-order valence-electron chi connectivity index (χ2n) is 6.24. The molecular formula is C21H18ClFN2O3S. The van der Waals surface area contributed by atoms with Gasteiger partial charge in [0.2, 0.25) is 0 Å². The van der Waals surface area contributed by atoms with Gasteiger partial charge in [-0.3, -0.25) is 9.52 Å². The molecule has 3 rings (SSSR count). The van der Waals surface area contributed by atoms with Gasteiger partial charge in [-0.1, -0.05) is 41.9 Å². The Bertz CT molecular complexity index is 1140. The molecule has 0 saturated carbocycles. The van der Waals surface area contributed by atoms with Crippen LogP contribution in [-0.2, 0) is 16.4 Å². The molecule has 0 aromatic heterocycles. The Morgan fingerprint density at radius 1 is 0.966 bits per heavy atom. The number of hydrogen-bond acceptors (Lipinski definition) is 3. The summed E-state index contributed by atoms with van der Waals surface area (Å²) in [6.07, 6.45) is 0.326. The third-order valence-electron chi connectivity index (χ3n) is 4.12. The van der Waals surface area contributed by atoms with Crippen LogP contribution in [0.3, 0.4) is 0 Å². The summed E-state index contributed by atoms with van der Waals surface area (Å²) in [5, 5.41) is 3.07. The molecule has 150 valence electrons. The van der Waals surface area contributed by atoms with Gasteiger partial charge >= 0.3 is 0 Å². The first-order chi connectivity index (χ1) is 13.8. The Hall–Kier alpha value is -2.90. The van der Waals surface area contributed by atoms with Gasteiger partial charge in [-0.05, 0) is 54.4 Å². The lowest BCUT2D eigenvalue weighted by Crippen LogP contribution is -2.26. The minimum Gasteiger partial charge on any atom is -0.352 e. The number of rotatable bonds is 7. The van der Waals surface area contributed by atoms with Crippen LogP contribution in [0.15, 0.2) is 77.7 Å². The summed E-state index contributed by atoms with van der Waals surface area (Å²) in [6, 6.07) is 18.3. The number of benzene rings is 3. The molecule has 0 unspecified atom stereocenters. The molecule has 1 amide bonds. The highest BCUT2D eigenvalue weighted by Gasteiger charge is 2.17. The monoisotopic (exact) mass is 432 g/mol. The molecule has 0 atom stereocenters. The summed E-state index contributed by atoms with van der Waals surface area (Å²) < 4.78 is 41.3. The van der Waals surface area contributed by atoms with Gasteiger partial charge in [-0.25, -0.2) is 12.8 Å². The Morgan fingerprint density at radius 2 is 1.72 bits per heavy atom. The molecule has 0 bridgehead atoms. The van der Waals surface area contributed by atoms with E-state index >= 15 is 0 Å². The molecule has 8 heteroatoms. The van der Waals surface area contributed by atoms with Crippen LogP contribution in [0.2, 0.25) is 5.02 Å². The first kappa shape index (κ1) is 20.8. The smallest absolute Gasteiger partial charge is 0.261 e. The van der Waals surface area contributed by atoms with Crippen molar-refractivity contribution in [3.8, 4) is 0 Å². The summed E-state index contributed by atoms with van der Waals surface area (Å²) in [7, 11) is -3.89. The molecule has 3 aromatic carbocycles. The van der Waals surface area contributed by atoms with Crippen LogP contribution in [0.25, 0.3) is 0 Å². The van der Waals surface area contributed by atoms with Crippen molar-refractivity contribution in [3.63, 3.8) is 0 Å². The number of anilines is 1. The zero-order chi connectivity index (χ0) is 20.9. The molecule has 0 fully saturated rings. The van der Waals surface area contributed by atoms with E-state index in [1.807, 2.05) is 0 Å². The summed E-state index contributed by atoms with van der Waals surface area (Å²) in [5.41, 5.74) is 1.000. The fraction of sp³-hybridized carbons (Fsp3) is 0.0952. The normalized spacial score (nSPS) is 11.1. The quantitative estimate of drug-likeness (QED) is 0.586. The van der Waals surface area contributed by atoms with Crippen molar-refractivity contribution in [2.75, 3.05) is 11.3 Å². The lowest BCUT2D eigenvalue weighted by molar-refractivity contribution is 0.0954. The fourth-order valence-corrected chi connectivity index (χ4v) is 3.97. The number of carbonyl (C=O) groups is 1. The summed E-state index contributed by atoms with van der Waals surface area (Å²) in [6.45, 7) is 0.220. The maximum Gasteiger partial charge on any atom is 0.261 e. The van der Waals surface area contributed by atoms with Crippen LogP contribution in [-0.4, -0.2) is 20.9 Å². The van der Waals surface area contributed by atoms with Crippen molar-refractivity contribution in [2.24, 2.45) is 0 Å². The van der Waals surface area contributed by atoms with E-state index in [0.717, 1.165) is 0 Å². The standard InChI is InChI=1S/C21H18ClFN2O3S/c22-17-7-4-8-18(14-17)25-29(27,28)19-9-3-6-16(13-19)21(26)24-12-11-15-5-1-2-10-20(15)23/h1-10,13-14,25H,11-12H2,(H,24,26). The molecule has 2 N–H and O–H groups in total. The molecule has 0 aliphatic rings. The highest BCUT2D eigenvalue weighted by Crippen LogP contribution is 2.20. The summed E-state index contributed by atoms with van der Waals surface area (Å²) >= 11 is 5.88. The largest absolute Gasteiger partial charge is 0.352 e. The third-order valence-corrected chi connectivity index (χ3v) is 5.74. The van der Waals surface area contributed by atoms with E-state index in [9.17, 15) is 17.6 Å². The van der Waals surface area contributed by atoms with Crippen molar-refractivity contribution < 1.29 is 17.6 Å². The molecule has 0 spiro atoms. The molecule has 0 aliphatic carbocycles. The lowest BCUT2D eigenvalue weighted by Gasteiger charge is -2.10. The van der Waals surface area contributed by atoms with Crippen LogP contribution in [0.4, 0.5) is 10.1 Å². The number of sulfonamides is 1. The van der Waals surface area contributed by atoms with Crippen molar-refractivity contribution in [1.29, 1.82) is 0 Å². The minimum absolute atomic E-state index is 0.0563. The van der Waals surface area contributed by atoms with Crippen LogP contribution < -0.4 is 10.0 Å². The lowest BCUT2D eigenvalue weighted by atomic mass is 10.1. The maximum atomic E-state index is 13.6. The van der Waals surface area contributed by atoms with Crippen molar-refractivity contribution in [2.45, 2.75) is 11.3 Å². The second-order valence-corrected chi connectivity index (χ2v) is 8.36. The van der Waals surface area contributed by atoms with Gasteiger partial charge in [-0.2, -0.15) is 0 Å². The molecule has 0 saturated heterocycles. The molecule has 3 aromatic rings. The van der Waals surface area contributed by atoms with Crippen LogP contribution in [0.5, 0.6) is 0 Å². The summed E-state index contributed by atoms with van der Waals surface area (Å²) in [5.74, 6) is -0.775. The van der Waals surface area contributed by atoms with Crippen molar-refractivity contribution in [1.82, 2.24) is 5.32 Å². The zero-order valence-electron chi connectivity index (χ0n) is 15.2. The minimum atomic E-state index is -3.89. The maximum absolute atomic E-state index is 13.6. The molecule has 29 heavy (non-hydrogen) atoms. The molecule has 0 radical (unpaired) electrons. The van der Waals surface area contributed by atoms with Crippen LogP contribution >= 0.6 is 11.6 Å². The molecular weight excluding hydrogens is 415 g/mol. The van der Waals surface area contributed by atoms with Crippen LogP contribution in [0, 0.1) is 5.82 Å². The number of amides is 1. The number of hydrogen-bond donors (Lipinski definition) is 2. The average molecular weight is 433 g/mol. The zero-order valence-corrected chi connectivity index (χ0v) is 16.8. The predicted molar refractivity (Wildman–Crippen MR) is 111 cm³/mol. The highest BCUT2D eigenvalue weighted by molar-refractivity contribution is 7.92. The first-order valence-corrected chi connectivity index (χ1v) is 10.6. The fourth-order valence-electron chi connectivity index (χ4n) is 2.68. The third kappa shape index (κ3) is 5.56. The second kappa shape index (κ2) is 9.07. The van der Waals surface area contributed by atoms with E-state index in [2.05, 4.69) is 10.0 Å². The van der Waals surface area contributed by atoms with E-state index in [-0.39, 0.29) is 22.8 Å². The van der Waals surface area contributed by atoms with Gasteiger partial charge in [0.05, 0.1) is 10.6 Å². The molecule has 0 heterocycles. The summed E-state index contributed by atoms with van der Waals surface area (Å²) in [4.78, 5) is 12.3. The van der Waals surface area contributed by atoms with Crippen molar-refractivity contribution >= 4 is 33.2 Å². The van der Waals surface area contributed by atoms with E-state index in [1.54, 1.807) is 36.4 Å². The van der Waals surface area contributed by atoms with Gasteiger partial charge in [0.1, 0.15) is 5.82 Å². The SMILES string of the molecule is O=C(NCCc1ccccc1F)c1cccc(S(=O)(=O)Nc2cccc(Cl)c2)c1. The highest BCUT2D eigenvalue weighted by atomic mass is 35.5. The van der Waals surface area contributed by atoms with Crippen molar-refractivity contribution in [3.05, 3.63) is 94.8 Å². The van der Waals surface area contributed by atoms with E-state index in [1.165, 1.54) is 36.4 Å². The number of nitrogens with one attached hydrogen (secondary N) is 2. The first-order valence-electron chi connectivity index (χ1n) is 8.75. The van der Waals surface area contributed by atoms with Gasteiger partial charge in [0, 0.05) is 17.1 Å².